The van der Waals surface area contributed by atoms with Crippen molar-refractivity contribution in [3.8, 4) is 0 Å². The lowest BCUT2D eigenvalue weighted by Gasteiger charge is -2.33. The maximum absolute atomic E-state index is 12.9. The topological polar surface area (TPSA) is 105 Å². The minimum atomic E-state index is -1.37. The van der Waals surface area contributed by atoms with E-state index in [0.29, 0.717) is 13.6 Å². The Bertz CT molecular complexity index is 1050. The third-order valence-corrected chi connectivity index (χ3v) is 12.0. The van der Waals surface area contributed by atoms with Crippen molar-refractivity contribution < 1.29 is 38.1 Å². The van der Waals surface area contributed by atoms with Gasteiger partial charge in [-0.15, -0.1) is 0 Å². The smallest absolute Gasteiger partial charge is 0.345 e. The molecule has 8 nitrogen and oxygen atoms in total. The van der Waals surface area contributed by atoms with Gasteiger partial charge in [-0.2, -0.15) is 0 Å². The maximum atomic E-state index is 12.9. The van der Waals surface area contributed by atoms with Crippen LogP contribution < -0.4 is 0 Å². The summed E-state index contributed by atoms with van der Waals surface area (Å²) in [4.78, 5) is 51.4. The first-order valence-electron chi connectivity index (χ1n) is 7.77. The van der Waals surface area contributed by atoms with Crippen LogP contribution in [0.4, 0.5) is 0 Å². The third-order valence-electron chi connectivity index (χ3n) is 3.85. The van der Waals surface area contributed by atoms with Crippen LogP contribution in [0.3, 0.4) is 0 Å². The molecule has 1 aromatic heterocycles. The fourth-order valence-electron chi connectivity index (χ4n) is 2.57. The monoisotopic (exact) mass is 524 g/mol. The van der Waals surface area contributed by atoms with Gasteiger partial charge in [0.1, 0.15) is 22.6 Å². The first-order chi connectivity index (χ1) is 14.2. The lowest BCUT2D eigenvalue weighted by molar-refractivity contribution is -0.139. The molecule has 0 radical (unpaired) electrons. The Morgan fingerprint density at radius 1 is 0.733 bits per heavy atom. The van der Waals surface area contributed by atoms with Gasteiger partial charge in [-0.1, -0.05) is 68.2 Å². The van der Waals surface area contributed by atoms with Crippen molar-refractivity contribution in [3.05, 3.63) is 29.0 Å². The number of hydrogen-bond donors (Lipinski definition) is 0. The summed E-state index contributed by atoms with van der Waals surface area (Å²) in [5.41, 5.74) is -0.0475. The highest BCUT2D eigenvalue weighted by Crippen LogP contribution is 2.70. The van der Waals surface area contributed by atoms with Gasteiger partial charge >= 0.3 is 23.9 Å². The molecule has 0 aromatic carbocycles. The molecule has 0 saturated carbocycles. The second-order valence-corrected chi connectivity index (χ2v) is 11.9. The van der Waals surface area contributed by atoms with Crippen molar-refractivity contribution in [2.75, 3.05) is 28.4 Å². The molecule has 3 heterocycles. The van der Waals surface area contributed by atoms with Crippen LogP contribution in [0.15, 0.2) is 25.2 Å². The standard InChI is InChI=1S/C16H12O8S6/c1-21-11(17)5-6(12(18)22-2)26-9-10(29-30-15(9)25)16(5)27-7(13(19)23-3)8(28-16)14(20)24-4/h1-4H3. The predicted octanol–water partition coefficient (Wildman–Crippen LogP) is 3.44. The molecule has 2 aliphatic rings. The molecule has 0 amide bonds. The zero-order valence-electron chi connectivity index (χ0n) is 15.7. The van der Waals surface area contributed by atoms with E-state index in [1.54, 1.807) is 0 Å². The molecule has 0 N–H and O–H groups in total. The molecule has 0 saturated heterocycles. The van der Waals surface area contributed by atoms with E-state index < -0.39 is 28.0 Å². The average Bonchev–Trinajstić information content (AvgIpc) is 3.33. The molecule has 3 rings (SSSR count). The zero-order chi connectivity index (χ0) is 22.2. The van der Waals surface area contributed by atoms with Gasteiger partial charge in [-0.25, -0.2) is 19.2 Å². The summed E-state index contributed by atoms with van der Waals surface area (Å²) in [7, 11) is 7.28. The first kappa shape index (κ1) is 23.3. The average molecular weight is 525 g/mol. The van der Waals surface area contributed by atoms with Crippen LogP contribution in [-0.2, 0) is 42.2 Å². The van der Waals surface area contributed by atoms with E-state index in [1.807, 2.05) is 0 Å². The highest BCUT2D eigenvalue weighted by Gasteiger charge is 2.58. The molecule has 2 aliphatic heterocycles. The SMILES string of the molecule is COC(=O)C1=C(C(=O)OC)SC2(S1)C(C(=O)OC)=C(C(=O)OC)Sc1c2ssc1=S. The van der Waals surface area contributed by atoms with Crippen molar-refractivity contribution in [2.45, 2.75) is 8.97 Å². The van der Waals surface area contributed by atoms with Crippen LogP contribution in [0.1, 0.15) is 4.88 Å². The minimum Gasteiger partial charge on any atom is -0.466 e. The van der Waals surface area contributed by atoms with E-state index in [9.17, 15) is 19.2 Å². The summed E-state index contributed by atoms with van der Waals surface area (Å²) in [6.45, 7) is 0. The Balaban J connectivity index is 2.34. The summed E-state index contributed by atoms with van der Waals surface area (Å²) in [5, 5.41) is 0. The van der Waals surface area contributed by atoms with Crippen molar-refractivity contribution in [1.82, 2.24) is 0 Å². The summed E-state index contributed by atoms with van der Waals surface area (Å²) < 4.78 is 18.6. The summed E-state index contributed by atoms with van der Waals surface area (Å²) in [5.74, 6) is -3.10. The fourth-order valence-corrected chi connectivity index (χ4v) is 11.4. The quantitative estimate of drug-likeness (QED) is 0.249. The van der Waals surface area contributed by atoms with Crippen LogP contribution in [0, 0.1) is 3.82 Å². The molecule has 160 valence electrons. The highest BCUT2D eigenvalue weighted by atomic mass is 32.9. The lowest BCUT2D eigenvalue weighted by atomic mass is 10.1. The molecule has 30 heavy (non-hydrogen) atoms. The van der Waals surface area contributed by atoms with Crippen LogP contribution in [0.2, 0.25) is 0 Å². The van der Waals surface area contributed by atoms with Crippen molar-refractivity contribution in [1.29, 1.82) is 0 Å². The predicted molar refractivity (Wildman–Crippen MR) is 118 cm³/mol. The van der Waals surface area contributed by atoms with Gasteiger partial charge < -0.3 is 18.9 Å². The second kappa shape index (κ2) is 9.04. The molecule has 0 unspecified atom stereocenters. The van der Waals surface area contributed by atoms with E-state index in [0.717, 1.165) is 35.3 Å². The fraction of sp³-hybridized carbons (Fsp3) is 0.312. The van der Waals surface area contributed by atoms with Gasteiger partial charge in [0.15, 0.2) is 0 Å². The molecular formula is C16H12O8S6. The number of methoxy groups -OCH3 is 4. The zero-order valence-corrected chi connectivity index (χ0v) is 20.6. The summed E-state index contributed by atoms with van der Waals surface area (Å²) in [6, 6.07) is 0. The molecule has 1 aromatic rings. The lowest BCUT2D eigenvalue weighted by Crippen LogP contribution is -2.31. The number of carbonyl (C=O) groups excluding carboxylic acids is 4. The Morgan fingerprint density at radius 2 is 1.20 bits per heavy atom. The van der Waals surface area contributed by atoms with E-state index in [2.05, 4.69) is 0 Å². The van der Waals surface area contributed by atoms with Gasteiger partial charge in [0.25, 0.3) is 0 Å². The van der Waals surface area contributed by atoms with Crippen LogP contribution in [-0.4, -0.2) is 52.3 Å². The minimum absolute atomic E-state index is 0.0242. The molecule has 14 heteroatoms. The normalized spacial score (nSPS) is 16.9. The van der Waals surface area contributed by atoms with E-state index >= 15 is 0 Å². The Hall–Kier alpha value is -1.32. The molecule has 1 spiro atoms. The van der Waals surface area contributed by atoms with Crippen LogP contribution in [0.5, 0.6) is 0 Å². The number of hydrogen-bond acceptors (Lipinski definition) is 14. The number of thioether (sulfide) groups is 3. The van der Waals surface area contributed by atoms with E-state index in [1.165, 1.54) is 49.1 Å². The maximum Gasteiger partial charge on any atom is 0.345 e. The Morgan fingerprint density at radius 3 is 1.67 bits per heavy atom. The van der Waals surface area contributed by atoms with Gasteiger partial charge in [0.05, 0.1) is 43.8 Å². The Kier molecular flexibility index (Phi) is 7.04. The number of ether oxygens (including phenoxy) is 4. The van der Waals surface area contributed by atoms with E-state index in [-0.39, 0.29) is 20.3 Å². The van der Waals surface area contributed by atoms with Gasteiger partial charge in [0, 0.05) is 0 Å². The van der Waals surface area contributed by atoms with Crippen LogP contribution >= 0.6 is 68.2 Å². The van der Waals surface area contributed by atoms with Gasteiger partial charge in [-0.3, -0.25) is 0 Å². The Labute approximate surface area is 195 Å². The molecule has 0 fully saturated rings. The molecular weight excluding hydrogens is 513 g/mol. The van der Waals surface area contributed by atoms with Crippen LogP contribution in [0.25, 0.3) is 0 Å². The van der Waals surface area contributed by atoms with Gasteiger partial charge in [-0.05, 0) is 0 Å². The van der Waals surface area contributed by atoms with Crippen molar-refractivity contribution in [2.24, 2.45) is 0 Å². The molecule has 0 atom stereocenters. The number of rotatable bonds is 4. The number of carbonyl (C=O) groups is 4. The molecule has 0 bridgehead atoms. The van der Waals surface area contributed by atoms with Crippen molar-refractivity contribution >= 4 is 92.1 Å². The summed E-state index contributed by atoms with van der Waals surface area (Å²) >= 11 is 8.25. The highest BCUT2D eigenvalue weighted by molar-refractivity contribution is 8.25. The number of esters is 4. The summed E-state index contributed by atoms with van der Waals surface area (Å²) in [6.07, 6.45) is 0. The largest absolute Gasteiger partial charge is 0.466 e. The van der Waals surface area contributed by atoms with Crippen molar-refractivity contribution in [3.63, 3.8) is 0 Å². The van der Waals surface area contributed by atoms with E-state index in [4.69, 9.17) is 31.2 Å². The van der Waals surface area contributed by atoms with Gasteiger partial charge in [0.2, 0.25) is 0 Å². The molecule has 0 aliphatic carbocycles. The third kappa shape index (κ3) is 3.62. The second-order valence-electron chi connectivity index (χ2n) is 5.36. The first-order valence-corrected chi connectivity index (χ1v) is 12.8. The number of fused-ring (bicyclic) bond motifs is 2.